The first kappa shape index (κ1) is 19.9. The summed E-state index contributed by atoms with van der Waals surface area (Å²) in [5.41, 5.74) is 1.25. The summed E-state index contributed by atoms with van der Waals surface area (Å²) in [6.07, 6.45) is 4.92. The minimum Gasteiger partial charge on any atom is -0.340 e. The van der Waals surface area contributed by atoms with Gasteiger partial charge in [0.2, 0.25) is 5.91 Å². The molecule has 0 N–H and O–H groups in total. The number of hydrogen-bond donors (Lipinski definition) is 0. The van der Waals surface area contributed by atoms with Crippen molar-refractivity contribution in [1.82, 2.24) is 14.7 Å². The molecule has 6 heteroatoms. The largest absolute Gasteiger partial charge is 0.340 e. The molecule has 2 fully saturated rings. The number of piperazine rings is 1. The van der Waals surface area contributed by atoms with Gasteiger partial charge in [0.25, 0.3) is 5.91 Å². The molecule has 0 radical (unpaired) electrons. The monoisotopic (exact) mass is 403 g/mol. The second-order valence-electron chi connectivity index (χ2n) is 9.02. The molecule has 1 aromatic rings. The number of rotatable bonds is 4. The molecule has 0 saturated carbocycles. The predicted octanol–water partition coefficient (Wildman–Crippen LogP) is 2.89. The van der Waals surface area contributed by atoms with Gasteiger partial charge in [-0.15, -0.1) is 11.3 Å². The lowest BCUT2D eigenvalue weighted by atomic mass is 9.87. The number of likely N-dealkylation sites (tertiary alicyclic amines) is 1. The molecule has 5 nitrogen and oxygen atoms in total. The first-order chi connectivity index (χ1) is 13.5. The van der Waals surface area contributed by atoms with E-state index in [1.165, 1.54) is 10.4 Å². The van der Waals surface area contributed by atoms with Crippen LogP contribution in [-0.2, 0) is 17.6 Å². The van der Waals surface area contributed by atoms with Crippen LogP contribution in [-0.4, -0.2) is 72.3 Å². The van der Waals surface area contributed by atoms with E-state index in [0.29, 0.717) is 11.8 Å². The Morgan fingerprint density at radius 1 is 1.07 bits per heavy atom. The Labute approximate surface area is 172 Å². The van der Waals surface area contributed by atoms with Gasteiger partial charge in [0, 0.05) is 56.6 Å². The fraction of sp³-hybridized carbons (Fsp3) is 0.727. The summed E-state index contributed by atoms with van der Waals surface area (Å²) in [5.74, 6) is 1.29. The van der Waals surface area contributed by atoms with Gasteiger partial charge < -0.3 is 9.80 Å². The van der Waals surface area contributed by atoms with Gasteiger partial charge >= 0.3 is 0 Å². The van der Waals surface area contributed by atoms with Crippen molar-refractivity contribution in [2.75, 3.05) is 45.8 Å². The van der Waals surface area contributed by atoms with Crippen LogP contribution in [0.2, 0.25) is 0 Å². The minimum absolute atomic E-state index is 0.0912. The molecule has 3 heterocycles. The van der Waals surface area contributed by atoms with Crippen LogP contribution >= 0.6 is 11.3 Å². The highest BCUT2D eigenvalue weighted by molar-refractivity contribution is 7.14. The van der Waals surface area contributed by atoms with Crippen molar-refractivity contribution in [1.29, 1.82) is 0 Å². The first-order valence-corrected chi connectivity index (χ1v) is 11.7. The number of hydrogen-bond acceptors (Lipinski definition) is 4. The molecule has 1 aliphatic carbocycles. The molecule has 4 rings (SSSR count). The van der Waals surface area contributed by atoms with E-state index in [1.807, 2.05) is 4.90 Å². The molecule has 1 aromatic heterocycles. The van der Waals surface area contributed by atoms with Crippen LogP contribution in [0.5, 0.6) is 0 Å². The second-order valence-corrected chi connectivity index (χ2v) is 10.2. The lowest BCUT2D eigenvalue weighted by Gasteiger charge is -2.37. The standard InChI is InChI=1S/C22H33N3O2S/c1-16(2)15-23-9-11-25(12-10-23)21(26)17-5-6-19-18(13-17)14-20(28-19)22(27)24-7-3-4-8-24/h14,16-17H,3-13,15H2,1-2H3/t17-/m0/s1. The van der Waals surface area contributed by atoms with E-state index < -0.39 is 0 Å². The third-order valence-electron chi connectivity index (χ3n) is 6.34. The van der Waals surface area contributed by atoms with Crippen molar-refractivity contribution in [2.24, 2.45) is 11.8 Å². The zero-order valence-electron chi connectivity index (χ0n) is 17.3. The van der Waals surface area contributed by atoms with E-state index in [0.717, 1.165) is 82.8 Å². The van der Waals surface area contributed by atoms with E-state index in [-0.39, 0.29) is 11.8 Å². The Morgan fingerprint density at radius 2 is 1.79 bits per heavy atom. The molecule has 0 aromatic carbocycles. The summed E-state index contributed by atoms with van der Waals surface area (Å²) in [4.78, 5) is 34.5. The quantitative estimate of drug-likeness (QED) is 0.776. The van der Waals surface area contributed by atoms with Gasteiger partial charge in [-0.3, -0.25) is 14.5 Å². The molecule has 154 valence electrons. The van der Waals surface area contributed by atoms with Crippen LogP contribution in [0.1, 0.15) is 53.2 Å². The molecule has 2 saturated heterocycles. The lowest BCUT2D eigenvalue weighted by Crippen LogP contribution is -2.51. The van der Waals surface area contributed by atoms with E-state index in [4.69, 9.17) is 0 Å². The van der Waals surface area contributed by atoms with Crippen LogP contribution in [0.3, 0.4) is 0 Å². The molecule has 0 spiro atoms. The summed E-state index contributed by atoms with van der Waals surface area (Å²) in [6, 6.07) is 2.08. The number of fused-ring (bicyclic) bond motifs is 1. The van der Waals surface area contributed by atoms with Crippen LogP contribution in [0, 0.1) is 11.8 Å². The van der Waals surface area contributed by atoms with E-state index in [9.17, 15) is 9.59 Å². The van der Waals surface area contributed by atoms with E-state index >= 15 is 0 Å². The van der Waals surface area contributed by atoms with Crippen molar-refractivity contribution in [3.05, 3.63) is 21.4 Å². The maximum Gasteiger partial charge on any atom is 0.263 e. The highest BCUT2D eigenvalue weighted by Crippen LogP contribution is 2.34. The predicted molar refractivity (Wildman–Crippen MR) is 113 cm³/mol. The number of nitrogens with zero attached hydrogens (tertiary/aromatic N) is 3. The van der Waals surface area contributed by atoms with Crippen molar-refractivity contribution < 1.29 is 9.59 Å². The van der Waals surface area contributed by atoms with Crippen molar-refractivity contribution in [3.8, 4) is 0 Å². The first-order valence-electron chi connectivity index (χ1n) is 10.9. The van der Waals surface area contributed by atoms with Crippen molar-refractivity contribution in [2.45, 2.75) is 46.0 Å². The van der Waals surface area contributed by atoms with Gasteiger partial charge in [-0.2, -0.15) is 0 Å². The number of aryl methyl sites for hydroxylation is 1. The molecule has 3 aliphatic rings. The normalized spacial score (nSPS) is 23.3. The van der Waals surface area contributed by atoms with Crippen molar-refractivity contribution >= 4 is 23.2 Å². The van der Waals surface area contributed by atoms with E-state index in [2.05, 4.69) is 29.7 Å². The molecule has 2 amide bonds. The van der Waals surface area contributed by atoms with Gasteiger partial charge in [0.05, 0.1) is 4.88 Å². The Bertz CT molecular complexity index is 715. The molecule has 0 unspecified atom stereocenters. The lowest BCUT2D eigenvalue weighted by molar-refractivity contribution is -0.137. The maximum atomic E-state index is 13.1. The Morgan fingerprint density at radius 3 is 2.46 bits per heavy atom. The average Bonchev–Trinajstić information content (AvgIpc) is 3.36. The average molecular weight is 404 g/mol. The molecule has 0 bridgehead atoms. The molecule has 1 atom stereocenters. The number of thiophene rings is 1. The zero-order valence-corrected chi connectivity index (χ0v) is 18.1. The SMILES string of the molecule is CC(C)CN1CCN(C(=O)[C@H]2CCc3sc(C(=O)N4CCCC4)cc3C2)CC1. The topological polar surface area (TPSA) is 43.9 Å². The summed E-state index contributed by atoms with van der Waals surface area (Å²) in [5, 5.41) is 0. The third kappa shape index (κ3) is 4.28. The summed E-state index contributed by atoms with van der Waals surface area (Å²) < 4.78 is 0. The summed E-state index contributed by atoms with van der Waals surface area (Å²) in [7, 11) is 0. The minimum atomic E-state index is 0.0912. The number of amides is 2. The van der Waals surface area contributed by atoms with Crippen LogP contribution in [0.25, 0.3) is 0 Å². The maximum absolute atomic E-state index is 13.1. The van der Waals surface area contributed by atoms with Gasteiger partial charge in [-0.25, -0.2) is 0 Å². The third-order valence-corrected chi connectivity index (χ3v) is 7.57. The summed E-state index contributed by atoms with van der Waals surface area (Å²) in [6.45, 7) is 11.1. The molecular formula is C22H33N3O2S. The van der Waals surface area contributed by atoms with E-state index in [1.54, 1.807) is 11.3 Å². The van der Waals surface area contributed by atoms with Crippen LogP contribution in [0.4, 0.5) is 0 Å². The fourth-order valence-electron chi connectivity index (χ4n) is 4.84. The smallest absolute Gasteiger partial charge is 0.263 e. The molecule has 2 aliphatic heterocycles. The van der Waals surface area contributed by atoms with Crippen molar-refractivity contribution in [3.63, 3.8) is 0 Å². The highest BCUT2D eigenvalue weighted by atomic mass is 32.1. The Hall–Kier alpha value is -1.40. The van der Waals surface area contributed by atoms with Gasteiger partial charge in [-0.05, 0) is 49.7 Å². The Kier molecular flexibility index (Phi) is 6.07. The zero-order chi connectivity index (χ0) is 19.7. The number of carbonyl (C=O) groups excluding carboxylic acids is 2. The van der Waals surface area contributed by atoms with Crippen LogP contribution < -0.4 is 0 Å². The number of carbonyl (C=O) groups is 2. The van der Waals surface area contributed by atoms with Crippen LogP contribution in [0.15, 0.2) is 6.07 Å². The van der Waals surface area contributed by atoms with Gasteiger partial charge in [0.1, 0.15) is 0 Å². The van der Waals surface area contributed by atoms with Gasteiger partial charge in [0.15, 0.2) is 0 Å². The second kappa shape index (κ2) is 8.54. The Balaban J connectivity index is 1.35. The van der Waals surface area contributed by atoms with Gasteiger partial charge in [-0.1, -0.05) is 13.8 Å². The highest BCUT2D eigenvalue weighted by Gasteiger charge is 2.32. The summed E-state index contributed by atoms with van der Waals surface area (Å²) >= 11 is 1.66. The molecular weight excluding hydrogens is 370 g/mol. The fourth-order valence-corrected chi connectivity index (χ4v) is 6.02. The molecule has 28 heavy (non-hydrogen) atoms.